The second-order valence-electron chi connectivity index (χ2n) is 4.02. The summed E-state index contributed by atoms with van der Waals surface area (Å²) in [7, 11) is 0. The molecule has 76 valence electrons. The first-order valence-corrected chi connectivity index (χ1v) is 4.90. The number of hydrogen-bond acceptors (Lipinski definition) is 3. The highest BCUT2D eigenvalue weighted by Crippen LogP contribution is 2.53. The van der Waals surface area contributed by atoms with E-state index in [2.05, 4.69) is 0 Å². The topological polar surface area (TPSA) is 66.5 Å². The van der Waals surface area contributed by atoms with Crippen molar-refractivity contribution < 1.29 is 10.2 Å². The molecule has 3 nitrogen and oxygen atoms in total. The highest BCUT2D eigenvalue weighted by Gasteiger charge is 2.44. The fraction of sp³-hybridized carbons (Fsp3) is 0.455. The summed E-state index contributed by atoms with van der Waals surface area (Å²) in [5.74, 6) is 0.297. The van der Waals surface area contributed by atoms with Gasteiger partial charge in [-0.2, -0.15) is 0 Å². The lowest BCUT2D eigenvalue weighted by Gasteiger charge is -2.15. The van der Waals surface area contributed by atoms with E-state index in [4.69, 9.17) is 10.8 Å². The Kier molecular flexibility index (Phi) is 2.11. The van der Waals surface area contributed by atoms with Crippen LogP contribution < -0.4 is 5.73 Å². The number of hydrogen-bond donors (Lipinski definition) is 3. The van der Waals surface area contributed by atoms with Crippen LogP contribution >= 0.6 is 0 Å². The zero-order valence-corrected chi connectivity index (χ0v) is 8.03. The van der Waals surface area contributed by atoms with Crippen LogP contribution in [0.2, 0.25) is 0 Å². The minimum Gasteiger partial charge on any atom is -0.508 e. The summed E-state index contributed by atoms with van der Waals surface area (Å²) in [6.45, 7) is 0.639. The molecule has 0 amide bonds. The maximum absolute atomic E-state index is 9.69. The summed E-state index contributed by atoms with van der Waals surface area (Å²) in [4.78, 5) is 0. The van der Waals surface area contributed by atoms with Gasteiger partial charge in [-0.15, -0.1) is 0 Å². The highest BCUT2D eigenvalue weighted by molar-refractivity contribution is 5.46. The van der Waals surface area contributed by atoms with E-state index in [1.807, 2.05) is 0 Å². The molecule has 3 heteroatoms. The molecule has 1 aromatic carbocycles. The molecule has 1 aliphatic rings. The Labute approximate surface area is 83.2 Å². The lowest BCUT2D eigenvalue weighted by Crippen LogP contribution is -2.13. The second kappa shape index (κ2) is 3.17. The van der Waals surface area contributed by atoms with E-state index in [1.165, 1.54) is 6.07 Å². The zero-order chi connectivity index (χ0) is 10.2. The molecular weight excluding hydrogens is 178 g/mol. The van der Waals surface area contributed by atoms with E-state index in [1.54, 1.807) is 12.1 Å². The summed E-state index contributed by atoms with van der Waals surface area (Å²) in [5.41, 5.74) is 6.56. The molecule has 1 fully saturated rings. The lowest BCUT2D eigenvalue weighted by molar-refractivity contribution is 0.437. The van der Waals surface area contributed by atoms with Crippen molar-refractivity contribution in [2.24, 2.45) is 5.73 Å². The van der Waals surface area contributed by atoms with Crippen molar-refractivity contribution in [2.75, 3.05) is 6.54 Å². The van der Waals surface area contributed by atoms with Gasteiger partial charge in [0.05, 0.1) is 0 Å². The van der Waals surface area contributed by atoms with Crippen molar-refractivity contribution in [1.29, 1.82) is 0 Å². The van der Waals surface area contributed by atoms with Crippen LogP contribution in [0.1, 0.15) is 24.8 Å². The quantitative estimate of drug-likeness (QED) is 0.681. The molecule has 0 spiro atoms. The van der Waals surface area contributed by atoms with Gasteiger partial charge in [0.1, 0.15) is 11.5 Å². The maximum Gasteiger partial charge on any atom is 0.123 e. The predicted molar refractivity (Wildman–Crippen MR) is 54.4 cm³/mol. The first-order chi connectivity index (χ1) is 6.68. The average molecular weight is 193 g/mol. The Morgan fingerprint density at radius 1 is 1.29 bits per heavy atom. The van der Waals surface area contributed by atoms with Gasteiger partial charge in [0.2, 0.25) is 0 Å². The van der Waals surface area contributed by atoms with Gasteiger partial charge >= 0.3 is 0 Å². The molecule has 0 heterocycles. The molecule has 0 atom stereocenters. The summed E-state index contributed by atoms with van der Waals surface area (Å²) in [6.07, 6.45) is 3.08. The van der Waals surface area contributed by atoms with Crippen LogP contribution in [0.15, 0.2) is 18.2 Å². The average Bonchev–Trinajstić information content (AvgIpc) is 2.86. The fourth-order valence-corrected chi connectivity index (χ4v) is 2.05. The van der Waals surface area contributed by atoms with E-state index < -0.39 is 0 Å². The zero-order valence-electron chi connectivity index (χ0n) is 8.03. The van der Waals surface area contributed by atoms with Gasteiger partial charge in [-0.1, -0.05) is 6.07 Å². The van der Waals surface area contributed by atoms with Crippen molar-refractivity contribution in [1.82, 2.24) is 0 Å². The molecule has 14 heavy (non-hydrogen) atoms. The number of aromatic hydroxyl groups is 2. The van der Waals surface area contributed by atoms with E-state index in [0.29, 0.717) is 6.54 Å². The van der Waals surface area contributed by atoms with E-state index in [0.717, 1.165) is 24.8 Å². The number of benzene rings is 1. The monoisotopic (exact) mass is 193 g/mol. The van der Waals surface area contributed by atoms with Crippen molar-refractivity contribution >= 4 is 0 Å². The molecule has 0 aliphatic heterocycles. The first kappa shape index (κ1) is 9.34. The summed E-state index contributed by atoms with van der Waals surface area (Å²) in [6, 6.07) is 4.81. The first-order valence-electron chi connectivity index (χ1n) is 4.90. The third-order valence-electron chi connectivity index (χ3n) is 3.03. The molecule has 2 rings (SSSR count). The minimum atomic E-state index is 0.0898. The highest BCUT2D eigenvalue weighted by atomic mass is 16.3. The molecule has 0 radical (unpaired) electrons. The van der Waals surface area contributed by atoms with E-state index >= 15 is 0 Å². The van der Waals surface area contributed by atoms with Gasteiger partial charge < -0.3 is 15.9 Å². The SMILES string of the molecule is NCCC1(c2ccc(O)cc2O)CC1. The van der Waals surface area contributed by atoms with Gasteiger partial charge in [0, 0.05) is 17.0 Å². The smallest absolute Gasteiger partial charge is 0.123 e. The molecule has 0 aromatic heterocycles. The summed E-state index contributed by atoms with van der Waals surface area (Å²) >= 11 is 0. The summed E-state index contributed by atoms with van der Waals surface area (Å²) in [5, 5.41) is 18.9. The molecule has 1 saturated carbocycles. The van der Waals surface area contributed by atoms with Gasteiger partial charge in [-0.05, 0) is 31.9 Å². The molecule has 1 aliphatic carbocycles. The van der Waals surface area contributed by atoms with Crippen LogP contribution in [0.5, 0.6) is 11.5 Å². The Hall–Kier alpha value is -1.22. The predicted octanol–water partition coefficient (Wildman–Crippen LogP) is 1.48. The van der Waals surface area contributed by atoms with Gasteiger partial charge in [0.25, 0.3) is 0 Å². The third kappa shape index (κ3) is 1.44. The van der Waals surface area contributed by atoms with Crippen LogP contribution in [-0.2, 0) is 5.41 Å². The third-order valence-corrected chi connectivity index (χ3v) is 3.03. The van der Waals surface area contributed by atoms with Crippen molar-refractivity contribution in [3.05, 3.63) is 23.8 Å². The number of nitrogens with two attached hydrogens (primary N) is 1. The molecular formula is C11H15NO2. The Morgan fingerprint density at radius 2 is 2.00 bits per heavy atom. The van der Waals surface area contributed by atoms with Gasteiger partial charge in [-0.3, -0.25) is 0 Å². The second-order valence-corrected chi connectivity index (χ2v) is 4.02. The summed E-state index contributed by atoms with van der Waals surface area (Å²) < 4.78 is 0. The van der Waals surface area contributed by atoms with Crippen LogP contribution in [-0.4, -0.2) is 16.8 Å². The Morgan fingerprint density at radius 3 is 2.50 bits per heavy atom. The normalized spacial score (nSPS) is 18.1. The van der Waals surface area contributed by atoms with E-state index in [9.17, 15) is 5.11 Å². The minimum absolute atomic E-state index is 0.0898. The molecule has 0 unspecified atom stereocenters. The Bertz CT molecular complexity index is 345. The Balaban J connectivity index is 2.32. The van der Waals surface area contributed by atoms with Gasteiger partial charge in [-0.25, -0.2) is 0 Å². The molecule has 0 saturated heterocycles. The molecule has 1 aromatic rings. The number of rotatable bonds is 3. The van der Waals surface area contributed by atoms with E-state index in [-0.39, 0.29) is 16.9 Å². The number of phenols is 2. The molecule has 0 bridgehead atoms. The van der Waals surface area contributed by atoms with Crippen LogP contribution in [0.4, 0.5) is 0 Å². The van der Waals surface area contributed by atoms with Crippen LogP contribution in [0.25, 0.3) is 0 Å². The van der Waals surface area contributed by atoms with Crippen molar-refractivity contribution in [3.8, 4) is 11.5 Å². The maximum atomic E-state index is 9.69. The lowest BCUT2D eigenvalue weighted by atomic mass is 9.91. The molecule has 4 N–H and O–H groups in total. The van der Waals surface area contributed by atoms with Crippen LogP contribution in [0.3, 0.4) is 0 Å². The van der Waals surface area contributed by atoms with Crippen molar-refractivity contribution in [3.63, 3.8) is 0 Å². The standard InChI is InChI=1S/C11H15NO2/c12-6-5-11(3-4-11)9-2-1-8(13)7-10(9)14/h1-2,7,13-14H,3-6,12H2. The number of phenolic OH excluding ortho intramolecular Hbond substituents is 2. The van der Waals surface area contributed by atoms with Crippen molar-refractivity contribution in [2.45, 2.75) is 24.7 Å². The van der Waals surface area contributed by atoms with Crippen LogP contribution in [0, 0.1) is 0 Å². The fourth-order valence-electron chi connectivity index (χ4n) is 2.05. The van der Waals surface area contributed by atoms with Gasteiger partial charge in [0.15, 0.2) is 0 Å². The largest absolute Gasteiger partial charge is 0.508 e.